The van der Waals surface area contributed by atoms with Gasteiger partial charge in [-0.3, -0.25) is 9.98 Å². The Labute approximate surface area is 167 Å². The number of methoxy groups -OCH3 is 1. The van der Waals surface area contributed by atoms with E-state index in [2.05, 4.69) is 32.4 Å². The summed E-state index contributed by atoms with van der Waals surface area (Å²) in [6, 6.07) is 19.4. The summed E-state index contributed by atoms with van der Waals surface area (Å²) >= 11 is 0. The van der Waals surface area contributed by atoms with Crippen molar-refractivity contribution in [2.75, 3.05) is 12.4 Å². The molecule has 0 saturated heterocycles. The third-order valence-electron chi connectivity index (χ3n) is 4.79. The number of nitrogens with zero attached hydrogens (tertiary/aromatic N) is 3. The third kappa shape index (κ3) is 3.36. The lowest BCUT2D eigenvalue weighted by molar-refractivity contribution is 0.412. The first-order chi connectivity index (χ1) is 14.3. The van der Waals surface area contributed by atoms with Crippen LogP contribution < -0.4 is 14.8 Å². The second-order valence-electron chi connectivity index (χ2n) is 6.63. The van der Waals surface area contributed by atoms with Gasteiger partial charge in [-0.2, -0.15) is 0 Å². The van der Waals surface area contributed by atoms with Crippen molar-refractivity contribution >= 4 is 22.3 Å². The van der Waals surface area contributed by atoms with Gasteiger partial charge in [0.1, 0.15) is 17.2 Å². The zero-order chi connectivity index (χ0) is 19.6. The van der Waals surface area contributed by atoms with E-state index in [4.69, 9.17) is 9.47 Å². The Kier molecular flexibility index (Phi) is 4.29. The molecule has 142 valence electrons. The molecule has 29 heavy (non-hydrogen) atoms. The number of pyridine rings is 2. The third-order valence-corrected chi connectivity index (χ3v) is 4.79. The molecule has 2 aromatic heterocycles. The number of amidine groups is 1. The zero-order valence-electron chi connectivity index (χ0n) is 15.8. The standard InChI is InChI=1S/C23H18N4O2/c1-28-18-5-7-19(8-6-18)29-23-20-9-4-17(13-15(20)10-12-25-23)27-22-21-16(14-26-22)3-2-11-24-21/h2-13H,14H2,1H3,(H,26,27). The van der Waals surface area contributed by atoms with Gasteiger partial charge in [0.15, 0.2) is 5.84 Å². The van der Waals surface area contributed by atoms with E-state index in [-0.39, 0.29) is 0 Å². The molecule has 0 fully saturated rings. The molecule has 0 atom stereocenters. The summed E-state index contributed by atoms with van der Waals surface area (Å²) in [6.45, 7) is 0.656. The van der Waals surface area contributed by atoms with Gasteiger partial charge < -0.3 is 14.8 Å². The lowest BCUT2D eigenvalue weighted by Gasteiger charge is -2.11. The normalized spacial score (nSPS) is 12.4. The van der Waals surface area contributed by atoms with Gasteiger partial charge in [-0.05, 0) is 60.0 Å². The molecule has 6 heteroatoms. The number of rotatable bonds is 4. The number of hydrogen-bond acceptors (Lipinski definition) is 6. The molecule has 0 aliphatic carbocycles. The highest BCUT2D eigenvalue weighted by molar-refractivity contribution is 6.10. The second kappa shape index (κ2) is 7.24. The van der Waals surface area contributed by atoms with Crippen LogP contribution in [0.25, 0.3) is 10.8 Å². The Morgan fingerprint density at radius 3 is 2.62 bits per heavy atom. The molecule has 2 aromatic carbocycles. The number of aromatic nitrogens is 2. The molecule has 6 nitrogen and oxygen atoms in total. The zero-order valence-corrected chi connectivity index (χ0v) is 15.8. The largest absolute Gasteiger partial charge is 0.497 e. The van der Waals surface area contributed by atoms with Crippen molar-refractivity contribution in [3.05, 3.63) is 84.3 Å². The Bertz CT molecular complexity index is 1220. The van der Waals surface area contributed by atoms with E-state index in [1.807, 2.05) is 48.5 Å². The quantitative estimate of drug-likeness (QED) is 0.549. The van der Waals surface area contributed by atoms with Gasteiger partial charge in [-0.1, -0.05) is 6.07 Å². The van der Waals surface area contributed by atoms with E-state index in [1.54, 1.807) is 19.5 Å². The van der Waals surface area contributed by atoms with Crippen LogP contribution in [0.15, 0.2) is 78.0 Å². The first-order valence-corrected chi connectivity index (χ1v) is 9.26. The van der Waals surface area contributed by atoms with Crippen molar-refractivity contribution in [2.45, 2.75) is 6.54 Å². The van der Waals surface area contributed by atoms with Crippen LogP contribution in [0.4, 0.5) is 5.69 Å². The first-order valence-electron chi connectivity index (χ1n) is 9.26. The summed E-state index contributed by atoms with van der Waals surface area (Å²) in [5.74, 6) is 2.84. The van der Waals surface area contributed by atoms with Gasteiger partial charge in [-0.25, -0.2) is 4.98 Å². The molecular weight excluding hydrogens is 364 g/mol. The Morgan fingerprint density at radius 1 is 0.897 bits per heavy atom. The predicted octanol–water partition coefficient (Wildman–Crippen LogP) is 4.80. The van der Waals surface area contributed by atoms with E-state index in [0.717, 1.165) is 39.3 Å². The first kappa shape index (κ1) is 17.2. The van der Waals surface area contributed by atoms with Crippen LogP contribution in [0.3, 0.4) is 0 Å². The number of aliphatic imine (C=N–C) groups is 1. The van der Waals surface area contributed by atoms with Gasteiger partial charge in [-0.15, -0.1) is 0 Å². The maximum absolute atomic E-state index is 5.99. The summed E-state index contributed by atoms with van der Waals surface area (Å²) in [5, 5.41) is 5.34. The average molecular weight is 382 g/mol. The predicted molar refractivity (Wildman–Crippen MR) is 113 cm³/mol. The lowest BCUT2D eigenvalue weighted by Crippen LogP contribution is -2.13. The SMILES string of the molecule is COc1ccc(Oc2nccc3cc(NC4=NCc5cccnc54)ccc23)cc1. The number of benzene rings is 2. The van der Waals surface area contributed by atoms with Crippen LogP contribution in [-0.4, -0.2) is 22.9 Å². The molecule has 0 saturated carbocycles. The summed E-state index contributed by atoms with van der Waals surface area (Å²) in [5.41, 5.74) is 2.98. The molecule has 5 rings (SSSR count). The molecule has 0 bridgehead atoms. The highest BCUT2D eigenvalue weighted by Gasteiger charge is 2.17. The van der Waals surface area contributed by atoms with Crippen LogP contribution in [0.5, 0.6) is 17.4 Å². The van der Waals surface area contributed by atoms with Crippen LogP contribution in [0.2, 0.25) is 0 Å². The highest BCUT2D eigenvalue weighted by atomic mass is 16.5. The van der Waals surface area contributed by atoms with E-state index in [9.17, 15) is 0 Å². The minimum atomic E-state index is 0.560. The van der Waals surface area contributed by atoms with Crippen molar-refractivity contribution in [3.8, 4) is 17.4 Å². The van der Waals surface area contributed by atoms with E-state index >= 15 is 0 Å². The van der Waals surface area contributed by atoms with E-state index in [1.165, 1.54) is 0 Å². The van der Waals surface area contributed by atoms with Crippen LogP contribution >= 0.6 is 0 Å². The number of ether oxygens (including phenoxy) is 2. The van der Waals surface area contributed by atoms with Crippen LogP contribution in [0, 0.1) is 0 Å². The number of anilines is 1. The smallest absolute Gasteiger partial charge is 0.227 e. The molecule has 1 aliphatic rings. The Hall–Kier alpha value is -3.93. The van der Waals surface area contributed by atoms with Gasteiger partial charge in [0.25, 0.3) is 0 Å². The molecule has 0 unspecified atom stereocenters. The summed E-state index contributed by atoms with van der Waals surface area (Å²) < 4.78 is 11.2. The summed E-state index contributed by atoms with van der Waals surface area (Å²) in [4.78, 5) is 13.4. The molecular formula is C23H18N4O2. The minimum Gasteiger partial charge on any atom is -0.497 e. The topological polar surface area (TPSA) is 68.6 Å². The van der Waals surface area contributed by atoms with Gasteiger partial charge >= 0.3 is 0 Å². The van der Waals surface area contributed by atoms with Gasteiger partial charge in [0.2, 0.25) is 5.88 Å². The number of fused-ring (bicyclic) bond motifs is 2. The van der Waals surface area contributed by atoms with E-state index < -0.39 is 0 Å². The molecule has 0 spiro atoms. The van der Waals surface area contributed by atoms with E-state index in [0.29, 0.717) is 18.2 Å². The van der Waals surface area contributed by atoms with Crippen molar-refractivity contribution in [1.29, 1.82) is 0 Å². The monoisotopic (exact) mass is 382 g/mol. The maximum atomic E-state index is 5.99. The van der Waals surface area contributed by atoms with Gasteiger partial charge in [0.05, 0.1) is 13.7 Å². The van der Waals surface area contributed by atoms with Crippen molar-refractivity contribution in [3.63, 3.8) is 0 Å². The molecule has 0 radical (unpaired) electrons. The fraction of sp³-hybridized carbons (Fsp3) is 0.0870. The van der Waals surface area contributed by atoms with Crippen molar-refractivity contribution < 1.29 is 9.47 Å². The summed E-state index contributed by atoms with van der Waals surface area (Å²) in [6.07, 6.45) is 3.53. The maximum Gasteiger partial charge on any atom is 0.227 e. The van der Waals surface area contributed by atoms with Crippen LogP contribution in [0.1, 0.15) is 11.3 Å². The molecule has 4 aromatic rings. The van der Waals surface area contributed by atoms with Gasteiger partial charge in [0, 0.05) is 29.0 Å². The van der Waals surface area contributed by atoms with Crippen molar-refractivity contribution in [2.24, 2.45) is 4.99 Å². The molecule has 1 N–H and O–H groups in total. The van der Waals surface area contributed by atoms with Crippen LogP contribution in [-0.2, 0) is 6.54 Å². The number of nitrogens with one attached hydrogen (secondary N) is 1. The lowest BCUT2D eigenvalue weighted by atomic mass is 10.1. The molecule has 0 amide bonds. The highest BCUT2D eigenvalue weighted by Crippen LogP contribution is 2.30. The fourth-order valence-corrected chi connectivity index (χ4v) is 3.32. The second-order valence-corrected chi connectivity index (χ2v) is 6.63. The fourth-order valence-electron chi connectivity index (χ4n) is 3.32. The van der Waals surface area contributed by atoms with Crippen molar-refractivity contribution in [1.82, 2.24) is 9.97 Å². The average Bonchev–Trinajstić information content (AvgIpc) is 3.17. The summed E-state index contributed by atoms with van der Waals surface area (Å²) in [7, 11) is 1.64. The molecule has 1 aliphatic heterocycles. The Balaban J connectivity index is 1.41. The number of hydrogen-bond donors (Lipinski definition) is 1. The Morgan fingerprint density at radius 2 is 1.76 bits per heavy atom. The molecule has 3 heterocycles. The minimum absolute atomic E-state index is 0.560.